The summed E-state index contributed by atoms with van der Waals surface area (Å²) < 4.78 is 0. The maximum atomic E-state index is 2.74. The van der Waals surface area contributed by atoms with Crippen LogP contribution in [0.3, 0.4) is 0 Å². The Kier molecular flexibility index (Phi) is 8.65. The minimum Gasteiger partial charge on any atom is -0.339 e. The van der Waals surface area contributed by atoms with E-state index in [1.54, 1.807) is 0 Å². The molecule has 0 spiro atoms. The molecule has 3 aliphatic heterocycles. The molecular weight excluding hydrogens is 663 g/mol. The van der Waals surface area contributed by atoms with Gasteiger partial charge >= 0.3 is 0 Å². The third-order valence-corrected chi connectivity index (χ3v) is 12.8. The van der Waals surface area contributed by atoms with Crippen LogP contribution in [0.5, 0.6) is 0 Å². The smallest absolute Gasteiger partial charge is 0.252 e. The predicted molar refractivity (Wildman–Crippen MR) is 239 cm³/mol. The minimum absolute atomic E-state index is 0.111. The largest absolute Gasteiger partial charge is 0.339 e. The lowest BCUT2D eigenvalue weighted by Gasteiger charge is -2.46. The van der Waals surface area contributed by atoms with E-state index in [2.05, 4.69) is 193 Å². The van der Waals surface area contributed by atoms with E-state index in [-0.39, 0.29) is 17.5 Å². The molecule has 0 bridgehead atoms. The van der Waals surface area contributed by atoms with E-state index in [0.717, 1.165) is 0 Å². The highest BCUT2D eigenvalue weighted by atomic mass is 15.2. The molecule has 0 radical (unpaired) electrons. The van der Waals surface area contributed by atoms with Crippen molar-refractivity contribution in [3.63, 3.8) is 0 Å². The lowest BCUT2D eigenvalue weighted by molar-refractivity contribution is 0.559. The predicted octanol–water partition coefficient (Wildman–Crippen LogP) is 12.4. The van der Waals surface area contributed by atoms with E-state index < -0.39 is 0 Å². The number of hydrogen-bond acceptors (Lipinski definition) is 2. The number of fused-ring (bicyclic) bond motifs is 4. The molecule has 6 aromatic rings. The van der Waals surface area contributed by atoms with Crippen LogP contribution < -0.4 is 26.2 Å². The zero-order valence-electron chi connectivity index (χ0n) is 34.1. The second-order valence-electron chi connectivity index (χ2n) is 18.6. The fraction of sp³-hybridized carbons (Fsp3) is 0.308. The molecule has 2 nitrogen and oxygen atoms in total. The number of hydrogen-bond donors (Lipinski definition) is 0. The number of nitrogens with zero attached hydrogens (tertiary/aromatic N) is 2. The SMILES string of the molecule is CC1CCCCC(C)N2c3cccc4c3B(c3ccc(-c5ccc(C(C)(C)C)cc5)cc3N4c3cccc(-c4ccc(C(C)(C)C)cc4)c3)c3cccc1c32. The van der Waals surface area contributed by atoms with Gasteiger partial charge in [0.15, 0.2) is 0 Å². The molecule has 0 fully saturated rings. The molecule has 0 N–H and O–H groups in total. The van der Waals surface area contributed by atoms with Gasteiger partial charge in [-0.25, -0.2) is 0 Å². The van der Waals surface area contributed by atoms with E-state index in [1.807, 2.05) is 0 Å². The second-order valence-corrected chi connectivity index (χ2v) is 18.6. The number of para-hydroxylation sites is 1. The standard InChI is InChI=1S/C52H55BN2/c1-34-14-9-10-15-35(2)54-46-20-13-21-47-49(46)53(45-19-12-18-43(34)50(45)54)44-31-26-39(37-24-29-41(30-25-37)52(6,7)8)33-48(44)55(47)42-17-11-16-38(32-42)36-22-27-40(28-23-36)51(3,4)5/h11-13,16-35H,9-10,14-15H2,1-8H3. The van der Waals surface area contributed by atoms with E-state index in [0.29, 0.717) is 12.0 Å². The van der Waals surface area contributed by atoms with Gasteiger partial charge in [0.1, 0.15) is 0 Å². The Balaban J connectivity index is 1.27. The highest BCUT2D eigenvalue weighted by Gasteiger charge is 2.44. The Hall–Kier alpha value is -5.02. The molecule has 9 rings (SSSR count). The summed E-state index contributed by atoms with van der Waals surface area (Å²) >= 11 is 0. The van der Waals surface area contributed by atoms with Gasteiger partial charge in [0, 0.05) is 34.5 Å². The Morgan fingerprint density at radius 2 is 1.11 bits per heavy atom. The summed E-state index contributed by atoms with van der Waals surface area (Å²) in [5.41, 5.74) is 20.3. The van der Waals surface area contributed by atoms with Crippen molar-refractivity contribution < 1.29 is 0 Å². The summed E-state index contributed by atoms with van der Waals surface area (Å²) in [6, 6.07) is 49.6. The van der Waals surface area contributed by atoms with Crippen molar-refractivity contribution >= 4 is 51.5 Å². The van der Waals surface area contributed by atoms with Crippen molar-refractivity contribution in [2.45, 2.75) is 104 Å². The van der Waals surface area contributed by atoms with Crippen LogP contribution in [0.15, 0.2) is 127 Å². The summed E-state index contributed by atoms with van der Waals surface area (Å²) in [6.07, 6.45) is 4.99. The van der Waals surface area contributed by atoms with Crippen molar-refractivity contribution in [3.8, 4) is 22.3 Å². The van der Waals surface area contributed by atoms with Gasteiger partial charge < -0.3 is 9.80 Å². The summed E-state index contributed by atoms with van der Waals surface area (Å²) in [6.45, 7) is 18.8. The fourth-order valence-electron chi connectivity index (χ4n) is 9.68. The van der Waals surface area contributed by atoms with Crippen molar-refractivity contribution in [3.05, 3.63) is 144 Å². The van der Waals surface area contributed by atoms with Crippen LogP contribution in [0, 0.1) is 0 Å². The first kappa shape index (κ1) is 35.7. The molecule has 3 heteroatoms. The topological polar surface area (TPSA) is 6.48 Å². The van der Waals surface area contributed by atoms with Gasteiger partial charge in [0.2, 0.25) is 0 Å². The molecule has 55 heavy (non-hydrogen) atoms. The quantitative estimate of drug-likeness (QED) is 0.168. The third kappa shape index (κ3) is 6.11. The third-order valence-electron chi connectivity index (χ3n) is 12.8. The van der Waals surface area contributed by atoms with E-state index in [1.165, 1.54) is 109 Å². The lowest BCUT2D eigenvalue weighted by atomic mass is 9.33. The number of anilines is 5. The summed E-state index contributed by atoms with van der Waals surface area (Å²) in [7, 11) is 0. The molecule has 0 aliphatic carbocycles. The average molecular weight is 719 g/mol. The van der Waals surface area contributed by atoms with Crippen LogP contribution in [0.2, 0.25) is 0 Å². The zero-order chi connectivity index (χ0) is 38.2. The molecule has 0 saturated heterocycles. The van der Waals surface area contributed by atoms with Crippen LogP contribution in [0.1, 0.15) is 104 Å². The van der Waals surface area contributed by atoms with Crippen LogP contribution in [-0.4, -0.2) is 12.8 Å². The Morgan fingerprint density at radius 1 is 0.527 bits per heavy atom. The maximum Gasteiger partial charge on any atom is 0.252 e. The lowest BCUT2D eigenvalue weighted by Crippen LogP contribution is -2.62. The molecule has 3 heterocycles. The van der Waals surface area contributed by atoms with E-state index in [4.69, 9.17) is 0 Å². The van der Waals surface area contributed by atoms with Crippen LogP contribution >= 0.6 is 0 Å². The molecule has 0 aromatic heterocycles. The van der Waals surface area contributed by atoms with Crippen LogP contribution in [0.4, 0.5) is 28.4 Å². The monoisotopic (exact) mass is 718 g/mol. The Bertz CT molecular complexity index is 2390. The Morgan fingerprint density at radius 3 is 1.78 bits per heavy atom. The fourth-order valence-corrected chi connectivity index (χ4v) is 9.68. The molecule has 0 saturated carbocycles. The van der Waals surface area contributed by atoms with Crippen molar-refractivity contribution in [2.24, 2.45) is 0 Å². The Labute approximate surface area is 330 Å². The normalized spacial score (nSPS) is 17.8. The number of rotatable bonds is 3. The van der Waals surface area contributed by atoms with E-state index >= 15 is 0 Å². The van der Waals surface area contributed by atoms with Gasteiger partial charge in [-0.3, -0.25) is 0 Å². The summed E-state index contributed by atoms with van der Waals surface area (Å²) in [5.74, 6) is 0.519. The highest BCUT2D eigenvalue weighted by molar-refractivity contribution is 7.00. The molecule has 6 aromatic carbocycles. The minimum atomic E-state index is 0.111. The molecule has 2 atom stereocenters. The average Bonchev–Trinajstić information content (AvgIpc) is 3.24. The first-order valence-corrected chi connectivity index (χ1v) is 20.7. The van der Waals surface area contributed by atoms with Gasteiger partial charge in [0.05, 0.1) is 0 Å². The molecule has 2 unspecified atom stereocenters. The summed E-state index contributed by atoms with van der Waals surface area (Å²) in [5, 5.41) is 0. The van der Waals surface area contributed by atoms with Gasteiger partial charge in [-0.05, 0) is 122 Å². The van der Waals surface area contributed by atoms with Crippen molar-refractivity contribution in [1.82, 2.24) is 0 Å². The van der Waals surface area contributed by atoms with Gasteiger partial charge in [0.25, 0.3) is 6.71 Å². The van der Waals surface area contributed by atoms with Gasteiger partial charge in [-0.15, -0.1) is 0 Å². The van der Waals surface area contributed by atoms with Crippen molar-refractivity contribution in [1.29, 1.82) is 0 Å². The van der Waals surface area contributed by atoms with E-state index in [9.17, 15) is 0 Å². The van der Waals surface area contributed by atoms with Gasteiger partial charge in [-0.2, -0.15) is 0 Å². The van der Waals surface area contributed by atoms with Gasteiger partial charge in [-0.1, -0.05) is 158 Å². The molecule has 3 aliphatic rings. The van der Waals surface area contributed by atoms with Crippen LogP contribution in [0.25, 0.3) is 22.3 Å². The summed E-state index contributed by atoms with van der Waals surface area (Å²) in [4.78, 5) is 5.31. The molecule has 0 amide bonds. The maximum absolute atomic E-state index is 2.74. The first-order valence-electron chi connectivity index (χ1n) is 20.7. The first-order chi connectivity index (χ1) is 26.4. The van der Waals surface area contributed by atoms with Crippen molar-refractivity contribution in [2.75, 3.05) is 9.80 Å². The molecular formula is C52H55BN2. The number of benzene rings is 6. The highest BCUT2D eigenvalue weighted by Crippen LogP contribution is 2.46. The zero-order valence-corrected chi connectivity index (χ0v) is 34.1. The molecule has 276 valence electrons. The second kappa shape index (κ2) is 13.3. The van der Waals surface area contributed by atoms with Crippen LogP contribution in [-0.2, 0) is 10.8 Å².